The second-order valence-corrected chi connectivity index (χ2v) is 9.03. The van der Waals surface area contributed by atoms with E-state index in [4.69, 9.17) is 0 Å². The van der Waals surface area contributed by atoms with E-state index in [1.807, 2.05) is 11.8 Å². The molecule has 1 aromatic rings. The third-order valence-electron chi connectivity index (χ3n) is 3.97. The molecule has 0 bridgehead atoms. The van der Waals surface area contributed by atoms with Gasteiger partial charge < -0.3 is 0 Å². The maximum absolute atomic E-state index is 2.38. The number of thioether (sulfide) groups is 1. The van der Waals surface area contributed by atoms with Gasteiger partial charge in [0, 0.05) is 9.80 Å². The van der Waals surface area contributed by atoms with Crippen LogP contribution >= 0.6 is 11.8 Å². The fourth-order valence-electron chi connectivity index (χ4n) is 3.06. The SMILES string of the molecule is CC(C)=C/C=C1\CC(C)(C)CC(C=C(C)C)=C1Sc1ccccc1. The van der Waals surface area contributed by atoms with Gasteiger partial charge in [-0.3, -0.25) is 0 Å². The fraction of sp³-hybridized carbons (Fsp3) is 0.391. The van der Waals surface area contributed by atoms with Gasteiger partial charge in [0.1, 0.15) is 0 Å². The summed E-state index contributed by atoms with van der Waals surface area (Å²) in [4.78, 5) is 2.76. The zero-order valence-corrected chi connectivity index (χ0v) is 16.8. The minimum atomic E-state index is 0.309. The topological polar surface area (TPSA) is 0 Å². The number of hydrogen-bond acceptors (Lipinski definition) is 1. The van der Waals surface area contributed by atoms with Crippen molar-refractivity contribution in [1.82, 2.24) is 0 Å². The van der Waals surface area contributed by atoms with Crippen molar-refractivity contribution < 1.29 is 0 Å². The zero-order chi connectivity index (χ0) is 17.7. The van der Waals surface area contributed by atoms with Crippen LogP contribution in [0.5, 0.6) is 0 Å². The van der Waals surface area contributed by atoms with Crippen LogP contribution in [0.4, 0.5) is 0 Å². The largest absolute Gasteiger partial charge is 0.0895 e. The Labute approximate surface area is 152 Å². The van der Waals surface area contributed by atoms with Gasteiger partial charge in [-0.25, -0.2) is 0 Å². The molecule has 0 radical (unpaired) electrons. The molecule has 1 aliphatic carbocycles. The molecular weight excluding hydrogens is 308 g/mol. The third kappa shape index (κ3) is 5.56. The van der Waals surface area contributed by atoms with Gasteiger partial charge in [-0.15, -0.1) is 0 Å². The summed E-state index contributed by atoms with van der Waals surface area (Å²) in [5, 5.41) is 0. The molecule has 0 saturated carbocycles. The van der Waals surface area contributed by atoms with E-state index in [-0.39, 0.29) is 0 Å². The Morgan fingerprint density at radius 2 is 1.62 bits per heavy atom. The van der Waals surface area contributed by atoms with Gasteiger partial charge in [0.05, 0.1) is 0 Å². The molecule has 0 N–H and O–H groups in total. The normalized spacial score (nSPS) is 18.5. The lowest BCUT2D eigenvalue weighted by Gasteiger charge is -2.34. The quantitative estimate of drug-likeness (QED) is 0.541. The minimum Gasteiger partial charge on any atom is -0.0895 e. The van der Waals surface area contributed by atoms with Crippen molar-refractivity contribution in [2.45, 2.75) is 59.3 Å². The van der Waals surface area contributed by atoms with Gasteiger partial charge >= 0.3 is 0 Å². The molecule has 24 heavy (non-hydrogen) atoms. The van der Waals surface area contributed by atoms with Crippen LogP contribution in [0.25, 0.3) is 0 Å². The summed E-state index contributed by atoms with van der Waals surface area (Å²) in [6.45, 7) is 13.5. The second-order valence-electron chi connectivity index (χ2n) is 7.94. The van der Waals surface area contributed by atoms with E-state index in [1.165, 1.54) is 32.1 Å². The molecule has 0 heterocycles. The highest BCUT2D eigenvalue weighted by atomic mass is 32.2. The van der Waals surface area contributed by atoms with Gasteiger partial charge in [-0.1, -0.05) is 73.2 Å². The maximum Gasteiger partial charge on any atom is 0.0186 e. The van der Waals surface area contributed by atoms with Crippen molar-refractivity contribution in [3.8, 4) is 0 Å². The molecule has 0 atom stereocenters. The summed E-state index contributed by atoms with van der Waals surface area (Å²) in [6, 6.07) is 10.7. The Hall–Kier alpha value is -1.47. The second kappa shape index (κ2) is 8.07. The molecule has 0 nitrogen and oxygen atoms in total. The van der Waals surface area contributed by atoms with Crippen molar-refractivity contribution in [3.63, 3.8) is 0 Å². The van der Waals surface area contributed by atoms with Gasteiger partial charge in [0.25, 0.3) is 0 Å². The molecular formula is C23H30S. The van der Waals surface area contributed by atoms with Crippen molar-refractivity contribution >= 4 is 11.8 Å². The van der Waals surface area contributed by atoms with Crippen molar-refractivity contribution in [1.29, 1.82) is 0 Å². The van der Waals surface area contributed by atoms with E-state index in [1.54, 1.807) is 0 Å². The third-order valence-corrected chi connectivity index (χ3v) is 5.20. The summed E-state index contributed by atoms with van der Waals surface area (Å²) in [7, 11) is 0. The van der Waals surface area contributed by atoms with Gasteiger partial charge in [-0.2, -0.15) is 0 Å². The van der Waals surface area contributed by atoms with Crippen molar-refractivity contribution in [3.05, 3.63) is 75.8 Å². The molecule has 2 rings (SSSR count). The molecule has 1 aliphatic rings. The van der Waals surface area contributed by atoms with Crippen LogP contribution in [0.3, 0.4) is 0 Å². The molecule has 0 saturated heterocycles. The van der Waals surface area contributed by atoms with Crippen LogP contribution in [0.1, 0.15) is 54.4 Å². The van der Waals surface area contributed by atoms with E-state index < -0.39 is 0 Å². The zero-order valence-electron chi connectivity index (χ0n) is 15.9. The predicted octanol–water partition coefficient (Wildman–Crippen LogP) is 7.71. The van der Waals surface area contributed by atoms with E-state index >= 15 is 0 Å². The number of benzene rings is 1. The average molecular weight is 339 g/mol. The Bertz CT molecular complexity index is 689. The highest BCUT2D eigenvalue weighted by molar-refractivity contribution is 8.03. The predicted molar refractivity (Wildman–Crippen MR) is 109 cm³/mol. The first kappa shape index (κ1) is 18.9. The summed E-state index contributed by atoms with van der Waals surface area (Å²) in [5.41, 5.74) is 5.97. The smallest absolute Gasteiger partial charge is 0.0186 e. The molecule has 128 valence electrons. The molecule has 0 amide bonds. The molecule has 0 unspecified atom stereocenters. The van der Waals surface area contributed by atoms with Gasteiger partial charge in [0.2, 0.25) is 0 Å². The fourth-order valence-corrected chi connectivity index (χ4v) is 4.13. The molecule has 0 fully saturated rings. The maximum atomic E-state index is 2.38. The number of hydrogen-bond donors (Lipinski definition) is 0. The average Bonchev–Trinajstić information content (AvgIpc) is 2.48. The summed E-state index contributed by atoms with van der Waals surface area (Å²) in [6.07, 6.45) is 9.23. The molecule has 1 heteroatoms. The lowest BCUT2D eigenvalue weighted by molar-refractivity contribution is 0.354. The molecule has 0 aromatic heterocycles. The monoisotopic (exact) mass is 338 g/mol. The van der Waals surface area contributed by atoms with E-state index in [2.05, 4.69) is 90.1 Å². The molecule has 0 spiro atoms. The Morgan fingerprint density at radius 1 is 0.958 bits per heavy atom. The highest BCUT2D eigenvalue weighted by Crippen LogP contribution is 2.48. The molecule has 1 aromatic carbocycles. The van der Waals surface area contributed by atoms with E-state index in [0.717, 1.165) is 12.8 Å². The van der Waals surface area contributed by atoms with Crippen LogP contribution in [-0.4, -0.2) is 0 Å². The first-order valence-electron chi connectivity index (χ1n) is 8.72. The standard InChI is InChI=1S/C23H30S/c1-17(2)12-13-19-15-23(5,6)16-20(14-18(3)4)22(19)24-21-10-8-7-9-11-21/h7-14H,15-16H2,1-6H3/b19-13+. The first-order chi connectivity index (χ1) is 11.3. The van der Waals surface area contributed by atoms with Crippen LogP contribution in [0, 0.1) is 5.41 Å². The summed E-state index contributed by atoms with van der Waals surface area (Å²) in [5.74, 6) is 0. The van der Waals surface area contributed by atoms with Gasteiger partial charge in [0.15, 0.2) is 0 Å². The van der Waals surface area contributed by atoms with Crippen LogP contribution in [0.15, 0.2) is 80.7 Å². The Balaban J connectivity index is 2.55. The van der Waals surface area contributed by atoms with Crippen LogP contribution in [0.2, 0.25) is 0 Å². The minimum absolute atomic E-state index is 0.309. The number of allylic oxidation sites excluding steroid dienone is 7. The van der Waals surface area contributed by atoms with Gasteiger partial charge in [-0.05, 0) is 69.2 Å². The van der Waals surface area contributed by atoms with E-state index in [0.29, 0.717) is 5.41 Å². The number of rotatable bonds is 4. The Kier molecular flexibility index (Phi) is 6.34. The first-order valence-corrected chi connectivity index (χ1v) is 9.54. The lowest BCUT2D eigenvalue weighted by Crippen LogP contribution is -2.19. The van der Waals surface area contributed by atoms with E-state index in [9.17, 15) is 0 Å². The molecule has 0 aliphatic heterocycles. The Morgan fingerprint density at radius 3 is 2.21 bits per heavy atom. The van der Waals surface area contributed by atoms with Crippen molar-refractivity contribution in [2.75, 3.05) is 0 Å². The van der Waals surface area contributed by atoms with Crippen LogP contribution < -0.4 is 0 Å². The lowest BCUT2D eigenvalue weighted by atomic mass is 9.74. The van der Waals surface area contributed by atoms with Crippen molar-refractivity contribution in [2.24, 2.45) is 5.41 Å². The van der Waals surface area contributed by atoms with Crippen LogP contribution in [-0.2, 0) is 0 Å². The highest BCUT2D eigenvalue weighted by Gasteiger charge is 2.29. The summed E-state index contributed by atoms with van der Waals surface area (Å²) < 4.78 is 0. The summed E-state index contributed by atoms with van der Waals surface area (Å²) >= 11 is 1.91.